The number of aliphatic carboxylic acids is 1. The lowest BCUT2D eigenvalue weighted by molar-refractivity contribution is -0.192. The summed E-state index contributed by atoms with van der Waals surface area (Å²) in [5.74, 6) is -1.89. The van der Waals surface area contributed by atoms with Crippen LogP contribution in [0.1, 0.15) is 44.9 Å². The Kier molecular flexibility index (Phi) is 5.90. The summed E-state index contributed by atoms with van der Waals surface area (Å²) in [5.41, 5.74) is 0. The van der Waals surface area contributed by atoms with Gasteiger partial charge in [-0.25, -0.2) is 4.79 Å². The van der Waals surface area contributed by atoms with Crippen molar-refractivity contribution >= 4 is 5.97 Å². The summed E-state index contributed by atoms with van der Waals surface area (Å²) in [6.07, 6.45) is 5.16. The van der Waals surface area contributed by atoms with Crippen molar-refractivity contribution in [1.82, 2.24) is 4.90 Å². The molecule has 3 saturated carbocycles. The third-order valence-electron chi connectivity index (χ3n) is 5.61. The molecule has 0 radical (unpaired) electrons. The molecule has 5 nitrogen and oxygen atoms in total. The Bertz CT molecular complexity index is 465. The number of carbonyl (C=O) groups is 1. The molecule has 3 atom stereocenters. The third-order valence-corrected chi connectivity index (χ3v) is 5.61. The van der Waals surface area contributed by atoms with E-state index in [-0.39, 0.29) is 0 Å². The predicted octanol–water partition coefficient (Wildman–Crippen LogP) is 2.83. The van der Waals surface area contributed by atoms with E-state index in [1.54, 1.807) is 0 Å². The van der Waals surface area contributed by atoms with E-state index in [1.807, 2.05) is 0 Å². The summed E-state index contributed by atoms with van der Waals surface area (Å²) in [7, 11) is 0. The number of nitrogens with zero attached hydrogens (tertiary/aromatic N) is 1. The molecule has 3 unspecified atom stereocenters. The average Bonchev–Trinajstić information content (AvgIpc) is 3.22. The normalized spacial score (nSPS) is 33.2. The number of ether oxygens (including phenoxy) is 2. The highest BCUT2D eigenvalue weighted by atomic mass is 19.4. The highest BCUT2D eigenvalue weighted by Crippen LogP contribution is 2.38. The molecule has 2 bridgehead atoms. The lowest BCUT2D eigenvalue weighted by Crippen LogP contribution is -2.51. The van der Waals surface area contributed by atoms with Crippen LogP contribution in [0.3, 0.4) is 0 Å². The van der Waals surface area contributed by atoms with Gasteiger partial charge in [0.2, 0.25) is 0 Å². The maximum absolute atomic E-state index is 10.6. The molecule has 3 aliphatic carbocycles. The second kappa shape index (κ2) is 7.80. The van der Waals surface area contributed by atoms with E-state index in [1.165, 1.54) is 44.9 Å². The Morgan fingerprint density at radius 3 is 2.36 bits per heavy atom. The van der Waals surface area contributed by atoms with Gasteiger partial charge in [-0.2, -0.15) is 13.2 Å². The maximum Gasteiger partial charge on any atom is 0.490 e. The third kappa shape index (κ3) is 4.86. The van der Waals surface area contributed by atoms with Gasteiger partial charge in [-0.1, -0.05) is 6.42 Å². The van der Waals surface area contributed by atoms with Crippen LogP contribution in [0.5, 0.6) is 0 Å². The molecule has 1 heterocycles. The molecule has 1 aliphatic heterocycles. The molecule has 4 aliphatic rings. The van der Waals surface area contributed by atoms with Gasteiger partial charge in [0.05, 0.1) is 18.8 Å². The van der Waals surface area contributed by atoms with Crippen molar-refractivity contribution in [3.63, 3.8) is 0 Å². The van der Waals surface area contributed by atoms with Crippen molar-refractivity contribution in [3.05, 3.63) is 0 Å². The molecular formula is C17H26F3NO4. The second-order valence-electron chi connectivity index (χ2n) is 7.42. The van der Waals surface area contributed by atoms with Crippen molar-refractivity contribution in [2.45, 2.75) is 75.4 Å². The van der Waals surface area contributed by atoms with E-state index in [9.17, 15) is 13.2 Å². The van der Waals surface area contributed by atoms with E-state index in [2.05, 4.69) is 4.90 Å². The van der Waals surface area contributed by atoms with Gasteiger partial charge < -0.3 is 14.6 Å². The molecule has 8 heteroatoms. The average molecular weight is 365 g/mol. The Hall–Kier alpha value is -0.860. The van der Waals surface area contributed by atoms with E-state index >= 15 is 0 Å². The molecule has 4 fully saturated rings. The highest BCUT2D eigenvalue weighted by molar-refractivity contribution is 5.73. The molecule has 0 aromatic carbocycles. The van der Waals surface area contributed by atoms with E-state index in [0.29, 0.717) is 18.2 Å². The minimum absolute atomic E-state index is 0.369. The molecule has 1 saturated heterocycles. The van der Waals surface area contributed by atoms with E-state index in [4.69, 9.17) is 19.4 Å². The molecule has 0 aromatic heterocycles. The Labute approximate surface area is 145 Å². The van der Waals surface area contributed by atoms with Crippen LogP contribution in [0.25, 0.3) is 0 Å². The number of carboxylic acids is 1. The topological polar surface area (TPSA) is 59.0 Å². The molecule has 144 valence electrons. The number of hydrogen-bond donors (Lipinski definition) is 1. The second-order valence-corrected chi connectivity index (χ2v) is 7.42. The first-order chi connectivity index (χ1) is 11.9. The number of carboxylic acid groups (broad SMARTS) is 1. The fraction of sp³-hybridized carbons (Fsp3) is 0.941. The number of hydrogen-bond acceptors (Lipinski definition) is 4. The van der Waals surface area contributed by atoms with E-state index in [0.717, 1.165) is 31.7 Å². The van der Waals surface area contributed by atoms with Crippen LogP contribution in [0.4, 0.5) is 13.2 Å². The Morgan fingerprint density at radius 2 is 1.84 bits per heavy atom. The lowest BCUT2D eigenvalue weighted by atomic mass is 9.90. The standard InChI is InChI=1S/C15H25NO2.C2HF3O2/c1-2-12(3-1)16-8-9-17-14-7-6-13(16)15(14)18-10-11-4-5-11;3-2(4,5)1(6)7/h11-15H,1-10H2;(H,6,7). The van der Waals surface area contributed by atoms with Crippen LogP contribution >= 0.6 is 0 Å². The monoisotopic (exact) mass is 365 g/mol. The largest absolute Gasteiger partial charge is 0.490 e. The van der Waals surface area contributed by atoms with Crippen molar-refractivity contribution in [2.24, 2.45) is 5.92 Å². The first kappa shape index (κ1) is 18.9. The zero-order valence-corrected chi connectivity index (χ0v) is 14.2. The zero-order chi connectivity index (χ0) is 18.0. The van der Waals surface area contributed by atoms with Crippen LogP contribution in [-0.4, -0.2) is 66.2 Å². The fourth-order valence-corrected chi connectivity index (χ4v) is 3.84. The zero-order valence-electron chi connectivity index (χ0n) is 14.2. The van der Waals surface area contributed by atoms with Gasteiger partial charge in [0.1, 0.15) is 0 Å². The van der Waals surface area contributed by atoms with Gasteiger partial charge in [0, 0.05) is 25.2 Å². The molecule has 0 amide bonds. The van der Waals surface area contributed by atoms with Crippen molar-refractivity contribution < 1.29 is 32.5 Å². The van der Waals surface area contributed by atoms with Crippen molar-refractivity contribution in [2.75, 3.05) is 19.8 Å². The minimum atomic E-state index is -5.08. The molecule has 0 aromatic rings. The lowest BCUT2D eigenvalue weighted by Gasteiger charge is -2.42. The van der Waals surface area contributed by atoms with Crippen LogP contribution in [0.15, 0.2) is 0 Å². The predicted molar refractivity (Wildman–Crippen MR) is 83.3 cm³/mol. The summed E-state index contributed by atoms with van der Waals surface area (Å²) in [6, 6.07) is 1.49. The first-order valence-corrected chi connectivity index (χ1v) is 9.15. The van der Waals surface area contributed by atoms with Gasteiger partial charge in [0.25, 0.3) is 0 Å². The van der Waals surface area contributed by atoms with E-state index < -0.39 is 12.1 Å². The maximum atomic E-state index is 10.6. The smallest absolute Gasteiger partial charge is 0.475 e. The van der Waals surface area contributed by atoms with Crippen LogP contribution in [0.2, 0.25) is 0 Å². The Balaban J connectivity index is 0.000000225. The minimum Gasteiger partial charge on any atom is -0.475 e. The fourth-order valence-electron chi connectivity index (χ4n) is 3.84. The first-order valence-electron chi connectivity index (χ1n) is 9.15. The number of rotatable bonds is 4. The van der Waals surface area contributed by atoms with Gasteiger partial charge in [-0.15, -0.1) is 0 Å². The summed E-state index contributed by atoms with van der Waals surface area (Å²) >= 11 is 0. The van der Waals surface area contributed by atoms with Crippen LogP contribution < -0.4 is 0 Å². The van der Waals surface area contributed by atoms with Crippen molar-refractivity contribution in [1.29, 1.82) is 0 Å². The summed E-state index contributed by atoms with van der Waals surface area (Å²) in [4.78, 5) is 11.6. The van der Waals surface area contributed by atoms with Gasteiger partial charge in [0.15, 0.2) is 0 Å². The number of fused-ring (bicyclic) bond motifs is 2. The molecule has 1 N–H and O–H groups in total. The van der Waals surface area contributed by atoms with Crippen molar-refractivity contribution in [3.8, 4) is 0 Å². The number of alkyl halides is 3. The summed E-state index contributed by atoms with van der Waals surface area (Å²) in [6.45, 7) is 3.04. The highest BCUT2D eigenvalue weighted by Gasteiger charge is 2.46. The quantitative estimate of drug-likeness (QED) is 0.830. The van der Waals surface area contributed by atoms with Gasteiger partial charge >= 0.3 is 12.1 Å². The van der Waals surface area contributed by atoms with Crippen LogP contribution in [0, 0.1) is 5.92 Å². The Morgan fingerprint density at radius 1 is 1.16 bits per heavy atom. The molecule has 4 rings (SSSR count). The summed E-state index contributed by atoms with van der Waals surface area (Å²) in [5, 5.41) is 7.12. The van der Waals surface area contributed by atoms with Gasteiger partial charge in [-0.3, -0.25) is 4.90 Å². The van der Waals surface area contributed by atoms with Crippen LogP contribution in [-0.2, 0) is 14.3 Å². The summed E-state index contributed by atoms with van der Waals surface area (Å²) < 4.78 is 44.0. The number of halogens is 3. The SMILES string of the molecule is C1CC(N2CCOC3CCC2C3OCC2CC2)C1.O=C(O)C(F)(F)F. The molecular weight excluding hydrogens is 339 g/mol. The van der Waals surface area contributed by atoms with Gasteiger partial charge in [-0.05, 0) is 44.4 Å². The molecule has 0 spiro atoms. The molecule has 25 heavy (non-hydrogen) atoms.